The number of amides is 4. The number of aromatic nitrogens is 4. The number of phenols is 2. The number of hydrogen-bond donors (Lipinski definition) is 2. The molecule has 2 saturated heterocycles. The van der Waals surface area contributed by atoms with Gasteiger partial charge in [-0.15, -0.1) is 11.3 Å². The Kier molecular flexibility index (Phi) is 16.0. The van der Waals surface area contributed by atoms with E-state index in [1.807, 2.05) is 0 Å². The molecule has 27 heteroatoms. The minimum atomic E-state index is -1.45. The molecular weight excluding hydrogens is 1240 g/mol. The molecule has 4 unspecified atom stereocenters. The number of carbonyl (C=O) groups is 4. The van der Waals surface area contributed by atoms with Crippen molar-refractivity contribution in [2.75, 3.05) is 80.0 Å². The first-order valence-corrected chi connectivity index (χ1v) is 31.2. The summed E-state index contributed by atoms with van der Waals surface area (Å²) in [7, 11) is 4.82. The number of phenolic OH excluding ortho intramolecular Hbond substituents is 2. The fraction of sp³-hybridized carbons (Fsp3) is 0.323. The molecule has 4 aromatic heterocycles. The van der Waals surface area contributed by atoms with Gasteiger partial charge in [0.15, 0.2) is 11.6 Å². The molecule has 4 atom stereocenters. The van der Waals surface area contributed by atoms with Crippen molar-refractivity contribution >= 4 is 96.9 Å². The zero-order valence-corrected chi connectivity index (χ0v) is 52.8. The Morgan fingerprint density at radius 1 is 0.674 bits per heavy atom. The number of likely N-dealkylation sites (N-methyl/N-ethyl adjacent to an activating group) is 2. The largest absolute Gasteiger partial charge is 0.507 e. The normalized spacial score (nSPS) is 18.3. The van der Waals surface area contributed by atoms with E-state index in [2.05, 4.69) is 11.6 Å². The number of thiazole rings is 2. The lowest BCUT2D eigenvalue weighted by molar-refractivity contribution is -0.132. The number of aromatic hydroxyl groups is 2. The highest BCUT2D eigenvalue weighted by Gasteiger charge is 2.49. The quantitative estimate of drug-likeness (QED) is 0.0866. The molecule has 0 spiro atoms. The maximum absolute atomic E-state index is 18.1. The summed E-state index contributed by atoms with van der Waals surface area (Å²) < 4.78 is 103. The Morgan fingerprint density at radius 3 is 1.68 bits per heavy atom. The van der Waals surface area contributed by atoms with Crippen LogP contribution in [0.2, 0.25) is 0 Å². The average Bonchev–Trinajstić information content (AvgIpc) is 1.04. The SMILES string of the molecule is C=CC(=O)N1CC2C(=O)N(C)c3c(c4cc(F)c(-c5c(O)cccc5F)c(F)c4n(-c4sc(/C=C\C(=O)N5CC6C(=O)N(CCN(C)C)c7c(c8cc(F)c(-c9c(O)cccc9F)c(F)c8n(-c8scnc8C(C)C)c7=O)N6CC5C)nc4C(C)C)c3=O)N2CC1C. The van der Waals surface area contributed by atoms with Crippen LogP contribution >= 0.6 is 22.7 Å². The Bertz CT molecular complexity index is 4620. The molecule has 12 rings (SSSR count). The number of piperazine rings is 2. The zero-order chi connectivity index (χ0) is 66.1. The summed E-state index contributed by atoms with van der Waals surface area (Å²) in [6.45, 7) is 13.4. The summed E-state index contributed by atoms with van der Waals surface area (Å²) >= 11 is 1.82. The van der Waals surface area contributed by atoms with Gasteiger partial charge in [-0.05, 0) is 88.3 Å². The van der Waals surface area contributed by atoms with Gasteiger partial charge in [0.25, 0.3) is 22.9 Å². The molecule has 4 aliphatic rings. The number of rotatable bonds is 12. The Morgan fingerprint density at radius 2 is 1.17 bits per heavy atom. The first-order chi connectivity index (χ1) is 43.7. The van der Waals surface area contributed by atoms with Crippen molar-refractivity contribution in [1.82, 2.24) is 33.8 Å². The molecule has 92 heavy (non-hydrogen) atoms. The van der Waals surface area contributed by atoms with E-state index in [9.17, 15) is 24.6 Å². The third kappa shape index (κ3) is 9.79. The van der Waals surface area contributed by atoms with Gasteiger partial charge < -0.3 is 44.5 Å². The van der Waals surface area contributed by atoms with Gasteiger partial charge in [0.2, 0.25) is 11.8 Å². The van der Waals surface area contributed by atoms with Crippen LogP contribution < -0.4 is 30.7 Å². The van der Waals surface area contributed by atoms with Crippen LogP contribution in [0.3, 0.4) is 0 Å². The van der Waals surface area contributed by atoms with Crippen molar-refractivity contribution in [2.24, 2.45) is 0 Å². The van der Waals surface area contributed by atoms with Gasteiger partial charge in [-0.3, -0.25) is 37.9 Å². The molecule has 478 valence electrons. The minimum Gasteiger partial charge on any atom is -0.507 e. The molecule has 0 aliphatic carbocycles. The summed E-state index contributed by atoms with van der Waals surface area (Å²) in [5.41, 5.74) is -4.99. The predicted octanol–water partition coefficient (Wildman–Crippen LogP) is 9.63. The van der Waals surface area contributed by atoms with Crippen molar-refractivity contribution in [3.05, 3.63) is 145 Å². The molecule has 19 nitrogen and oxygen atoms in total. The molecule has 2 fully saturated rings. The van der Waals surface area contributed by atoms with E-state index in [4.69, 9.17) is 4.98 Å². The number of nitrogens with zero attached hydrogens (tertiary/aromatic N) is 11. The van der Waals surface area contributed by atoms with Crippen LogP contribution in [-0.2, 0) is 19.2 Å². The van der Waals surface area contributed by atoms with Crippen LogP contribution in [0, 0.1) is 34.9 Å². The predicted molar refractivity (Wildman–Crippen MR) is 341 cm³/mol. The molecule has 0 bridgehead atoms. The van der Waals surface area contributed by atoms with Crippen molar-refractivity contribution in [3.63, 3.8) is 0 Å². The molecular formula is C65H61F6N11O8S2. The minimum absolute atomic E-state index is 0.0252. The van der Waals surface area contributed by atoms with E-state index < -0.39 is 145 Å². The molecule has 0 saturated carbocycles. The van der Waals surface area contributed by atoms with Gasteiger partial charge in [-0.25, -0.2) is 36.3 Å². The van der Waals surface area contributed by atoms with Crippen LogP contribution in [0.5, 0.6) is 11.5 Å². The lowest BCUT2D eigenvalue weighted by atomic mass is 9.95. The highest BCUT2D eigenvalue weighted by molar-refractivity contribution is 7.15. The summed E-state index contributed by atoms with van der Waals surface area (Å²) in [5, 5.41) is 21.7. The monoisotopic (exact) mass is 1300 g/mol. The Balaban J connectivity index is 0.977. The second-order valence-corrected chi connectivity index (χ2v) is 26.0. The van der Waals surface area contributed by atoms with Crippen molar-refractivity contribution in [1.29, 1.82) is 0 Å². The highest BCUT2D eigenvalue weighted by atomic mass is 32.1. The van der Waals surface area contributed by atoms with Gasteiger partial charge in [-0.1, -0.05) is 57.7 Å². The summed E-state index contributed by atoms with van der Waals surface area (Å²) in [5.74, 6) is -12.6. The second-order valence-electron chi connectivity index (χ2n) is 24.2. The van der Waals surface area contributed by atoms with Gasteiger partial charge in [-0.2, -0.15) is 0 Å². The molecule has 0 radical (unpaired) electrons. The third-order valence-electron chi connectivity index (χ3n) is 17.5. The van der Waals surface area contributed by atoms with E-state index in [0.29, 0.717) is 5.69 Å². The van der Waals surface area contributed by atoms with Gasteiger partial charge >= 0.3 is 0 Å². The van der Waals surface area contributed by atoms with Crippen LogP contribution in [0.25, 0.3) is 60.1 Å². The molecule has 8 aromatic rings. The van der Waals surface area contributed by atoms with E-state index in [0.717, 1.165) is 85.2 Å². The van der Waals surface area contributed by atoms with Crippen molar-refractivity contribution in [3.8, 4) is 43.8 Å². The van der Waals surface area contributed by atoms with E-state index in [-0.39, 0.29) is 99.4 Å². The molecule has 4 aromatic carbocycles. The number of hydrogen-bond acceptors (Lipinski definition) is 15. The highest BCUT2D eigenvalue weighted by Crippen LogP contribution is 2.50. The summed E-state index contributed by atoms with van der Waals surface area (Å²) in [6.07, 6.45) is 3.62. The van der Waals surface area contributed by atoms with Gasteiger partial charge in [0.1, 0.15) is 73.2 Å². The maximum Gasteiger partial charge on any atom is 0.282 e. The molecule has 4 aliphatic heterocycles. The lowest BCUT2D eigenvalue weighted by Crippen LogP contribution is -2.67. The third-order valence-corrected chi connectivity index (χ3v) is 19.4. The molecule has 2 N–H and O–H groups in total. The first kappa shape index (κ1) is 62.8. The number of fused-ring (bicyclic) bond motifs is 10. The maximum atomic E-state index is 18.1. The fourth-order valence-corrected chi connectivity index (χ4v) is 15.2. The Labute approximate surface area is 530 Å². The van der Waals surface area contributed by atoms with Crippen LogP contribution in [0.1, 0.15) is 69.8 Å². The number of halogens is 6. The number of anilines is 4. The Hall–Kier alpha value is -9.34. The summed E-state index contributed by atoms with van der Waals surface area (Å²) in [6, 6.07) is 4.31. The number of pyridine rings is 2. The van der Waals surface area contributed by atoms with E-state index >= 15 is 40.7 Å². The number of benzene rings is 4. The topological polar surface area (TPSA) is 201 Å². The van der Waals surface area contributed by atoms with Crippen LogP contribution in [-0.4, -0.2) is 152 Å². The lowest BCUT2D eigenvalue weighted by Gasteiger charge is -2.50. The average molecular weight is 1300 g/mol. The van der Waals surface area contributed by atoms with Crippen molar-refractivity contribution in [2.45, 2.75) is 77.5 Å². The van der Waals surface area contributed by atoms with Crippen molar-refractivity contribution < 1.29 is 55.7 Å². The number of carbonyl (C=O) groups excluding carboxylic acids is 4. The summed E-state index contributed by atoms with van der Waals surface area (Å²) in [4.78, 5) is 108. The first-order valence-electron chi connectivity index (χ1n) is 29.5. The van der Waals surface area contributed by atoms with Gasteiger partial charge in [0.05, 0.1) is 74.6 Å². The second kappa shape index (κ2) is 23.4. The smallest absolute Gasteiger partial charge is 0.282 e. The molecule has 4 amide bonds. The zero-order valence-electron chi connectivity index (χ0n) is 51.2. The fourth-order valence-electron chi connectivity index (χ4n) is 13.1. The standard InChI is InChI=1S/C65H61F6N11O8S2/c1-11-44(85)77-26-39-60(87)75(10)58-56(79(39)24-31(77)6)33-22-37(68)49(47-36(67)15-13-17-42(47)84)51(71)55(33)82(62(58)89)65-53(30(4)5)73-43(92-65)18-19-45(86)78-27-40-61(88)76(21-20-74(8)9)59-57(80(40)25-32(78)7)34-23-38(69)48(46-35(66)14-12-16-41(46)83)50(70)54(34)81(63(59)90)64-52(29(2)3)72-28-91-64/h11-19,22-23,28-32,39-40,83-84H,1,20-21,24-27H2,2-10H3/b19-18-. The van der Waals surface area contributed by atoms with Gasteiger partial charge in [0, 0.05) is 62.2 Å². The van der Waals surface area contributed by atoms with E-state index in [1.54, 1.807) is 65.4 Å². The van der Waals surface area contributed by atoms with Crippen LogP contribution in [0.4, 0.5) is 49.1 Å². The van der Waals surface area contributed by atoms with E-state index in [1.165, 1.54) is 50.4 Å². The van der Waals surface area contributed by atoms with Crippen LogP contribution in [0.15, 0.2) is 82.4 Å². The molecule has 8 heterocycles.